The second-order valence-corrected chi connectivity index (χ2v) is 18.5. The Hall–Kier alpha value is -9.64. The highest BCUT2D eigenvalue weighted by Crippen LogP contribution is 2.49. The van der Waals surface area contributed by atoms with Crippen molar-refractivity contribution < 1.29 is 8.83 Å². The van der Waals surface area contributed by atoms with Gasteiger partial charge in [0.15, 0.2) is 0 Å². The van der Waals surface area contributed by atoms with E-state index in [-0.39, 0.29) is 0 Å². The van der Waals surface area contributed by atoms with E-state index in [2.05, 4.69) is 271 Å². The molecule has 0 aliphatic rings. The van der Waals surface area contributed by atoms with Crippen LogP contribution in [0.2, 0.25) is 0 Å². The van der Waals surface area contributed by atoms with E-state index in [4.69, 9.17) is 8.83 Å². The molecule has 0 saturated carbocycles. The number of fused-ring (bicyclic) bond motifs is 8. The summed E-state index contributed by atoms with van der Waals surface area (Å²) >= 11 is 0. The van der Waals surface area contributed by atoms with Gasteiger partial charge in [-0.3, -0.25) is 0 Å². The Labute approximate surface area is 416 Å². The van der Waals surface area contributed by atoms with Crippen LogP contribution in [-0.2, 0) is 0 Å². The van der Waals surface area contributed by atoms with Crippen molar-refractivity contribution >= 4 is 99.5 Å². The van der Waals surface area contributed by atoms with Crippen LogP contribution in [0.5, 0.6) is 0 Å². The van der Waals surface area contributed by atoms with Crippen LogP contribution in [0.15, 0.2) is 276 Å². The quantitative estimate of drug-likeness (QED) is 0.144. The van der Waals surface area contributed by atoms with E-state index in [1.807, 2.05) is 6.07 Å². The van der Waals surface area contributed by atoms with Crippen LogP contribution < -0.4 is 9.80 Å². The number of para-hydroxylation sites is 2. The SMILES string of the molecule is c1ccc(-c2ccc(N(c3ccccc3-c3cccc(N(c4ccc5cc(-c6ccccc6)ccc5c4)c4cccc5oc6ccccc6c45)c3)c3cccc4oc5cc6ccccc6cc5c34)cc2)cc1. The molecule has 0 unspecified atom stereocenters. The second kappa shape index (κ2) is 17.1. The Morgan fingerprint density at radius 2 is 0.736 bits per heavy atom. The lowest BCUT2D eigenvalue weighted by atomic mass is 9.98. The largest absolute Gasteiger partial charge is 0.456 e. The summed E-state index contributed by atoms with van der Waals surface area (Å²) in [5.41, 5.74) is 16.5. The normalized spacial score (nSPS) is 11.6. The number of rotatable bonds is 9. The van der Waals surface area contributed by atoms with Gasteiger partial charge in [-0.25, -0.2) is 0 Å². The summed E-state index contributed by atoms with van der Waals surface area (Å²) in [6.07, 6.45) is 0. The van der Waals surface area contributed by atoms with Crippen molar-refractivity contribution in [1.29, 1.82) is 0 Å². The van der Waals surface area contributed by atoms with E-state index >= 15 is 0 Å². The van der Waals surface area contributed by atoms with Gasteiger partial charge in [-0.05, 0) is 140 Å². The van der Waals surface area contributed by atoms with E-state index in [0.717, 1.165) is 105 Å². The number of furan rings is 2. The summed E-state index contributed by atoms with van der Waals surface area (Å²) in [7, 11) is 0. The van der Waals surface area contributed by atoms with Crippen LogP contribution in [0.4, 0.5) is 34.1 Å². The first-order chi connectivity index (χ1) is 35.7. The second-order valence-electron chi connectivity index (χ2n) is 18.5. The summed E-state index contributed by atoms with van der Waals surface area (Å²) in [6.45, 7) is 0. The van der Waals surface area contributed by atoms with Gasteiger partial charge in [0, 0.05) is 33.4 Å². The molecule has 12 aromatic carbocycles. The van der Waals surface area contributed by atoms with Crippen LogP contribution in [0.25, 0.3) is 98.8 Å². The topological polar surface area (TPSA) is 32.8 Å². The fraction of sp³-hybridized carbons (Fsp3) is 0. The zero-order valence-electron chi connectivity index (χ0n) is 39.1. The van der Waals surface area contributed by atoms with Gasteiger partial charge < -0.3 is 18.6 Å². The molecule has 0 bridgehead atoms. The van der Waals surface area contributed by atoms with Crippen LogP contribution in [0.3, 0.4) is 0 Å². The number of hydrogen-bond donors (Lipinski definition) is 0. The Morgan fingerprint density at radius 1 is 0.236 bits per heavy atom. The minimum absolute atomic E-state index is 0.839. The molecular weight excluding hydrogens is 877 g/mol. The van der Waals surface area contributed by atoms with Crippen molar-refractivity contribution in [3.63, 3.8) is 0 Å². The summed E-state index contributed by atoms with van der Waals surface area (Å²) in [5, 5.41) is 8.94. The predicted octanol–water partition coefficient (Wildman–Crippen LogP) is 19.7. The van der Waals surface area contributed by atoms with Gasteiger partial charge in [-0.1, -0.05) is 176 Å². The van der Waals surface area contributed by atoms with Crippen molar-refractivity contribution in [2.75, 3.05) is 9.80 Å². The lowest BCUT2D eigenvalue weighted by molar-refractivity contribution is 0.669. The third-order valence-electron chi connectivity index (χ3n) is 14.2. The molecule has 4 heteroatoms. The number of hydrogen-bond acceptors (Lipinski definition) is 4. The minimum atomic E-state index is 0.839. The first-order valence-electron chi connectivity index (χ1n) is 24.5. The number of anilines is 6. The van der Waals surface area contributed by atoms with Crippen molar-refractivity contribution in [3.8, 4) is 33.4 Å². The Kier molecular flexibility index (Phi) is 9.82. The first-order valence-corrected chi connectivity index (χ1v) is 24.5. The predicted molar refractivity (Wildman–Crippen MR) is 302 cm³/mol. The van der Waals surface area contributed by atoms with Crippen molar-refractivity contribution in [3.05, 3.63) is 267 Å². The van der Waals surface area contributed by atoms with Gasteiger partial charge in [0.1, 0.15) is 22.3 Å². The molecule has 338 valence electrons. The van der Waals surface area contributed by atoms with E-state index in [1.165, 1.54) is 27.5 Å². The highest BCUT2D eigenvalue weighted by atomic mass is 16.3. The third kappa shape index (κ3) is 7.08. The van der Waals surface area contributed by atoms with Gasteiger partial charge in [0.25, 0.3) is 0 Å². The molecule has 0 aliphatic heterocycles. The molecule has 2 heterocycles. The summed E-state index contributed by atoms with van der Waals surface area (Å²) < 4.78 is 13.2. The Morgan fingerprint density at radius 3 is 1.53 bits per heavy atom. The molecule has 2 aromatic heterocycles. The molecule has 14 rings (SSSR count). The monoisotopic (exact) mass is 920 g/mol. The fourth-order valence-electron chi connectivity index (χ4n) is 10.8. The average molecular weight is 921 g/mol. The fourth-order valence-corrected chi connectivity index (χ4v) is 10.8. The average Bonchev–Trinajstić information content (AvgIpc) is 4.02. The minimum Gasteiger partial charge on any atom is -0.456 e. The van der Waals surface area contributed by atoms with Gasteiger partial charge in [0.05, 0.1) is 27.8 Å². The standard InChI is InChI=1S/C68H44N2O2/c1-3-16-45(17-4-1)47-34-37-54(38-35-47)70(62-28-15-31-65-68(62)59-43-48-20-7-8-21-49(48)44-66(59)72-65)60-26-11-9-24-57(60)53-22-13-23-55(42-53)69(61-27-14-30-64-67(61)58-25-10-12-29-63(58)71-64)56-39-36-51-40-50(32-33-52(51)41-56)46-18-5-2-6-19-46/h1-44H. The molecular formula is C68H44N2O2. The molecule has 0 N–H and O–H groups in total. The molecule has 14 aromatic rings. The molecule has 0 atom stereocenters. The lowest BCUT2D eigenvalue weighted by Crippen LogP contribution is -2.12. The van der Waals surface area contributed by atoms with E-state index in [9.17, 15) is 0 Å². The zero-order valence-corrected chi connectivity index (χ0v) is 39.1. The van der Waals surface area contributed by atoms with Crippen LogP contribution >= 0.6 is 0 Å². The van der Waals surface area contributed by atoms with E-state index < -0.39 is 0 Å². The van der Waals surface area contributed by atoms with E-state index in [0.29, 0.717) is 0 Å². The maximum Gasteiger partial charge on any atom is 0.137 e. The Bertz CT molecular complexity index is 4340. The van der Waals surface area contributed by atoms with Crippen molar-refractivity contribution in [2.24, 2.45) is 0 Å². The summed E-state index contributed by atoms with van der Waals surface area (Å²) in [5.74, 6) is 0. The van der Waals surface area contributed by atoms with Crippen molar-refractivity contribution in [2.45, 2.75) is 0 Å². The molecule has 0 saturated heterocycles. The smallest absolute Gasteiger partial charge is 0.137 e. The number of nitrogens with zero attached hydrogens (tertiary/aromatic N) is 2. The van der Waals surface area contributed by atoms with Crippen molar-refractivity contribution in [1.82, 2.24) is 0 Å². The highest BCUT2D eigenvalue weighted by Gasteiger charge is 2.24. The summed E-state index contributed by atoms with van der Waals surface area (Å²) in [6, 6.07) is 95.5. The van der Waals surface area contributed by atoms with Gasteiger partial charge in [-0.2, -0.15) is 0 Å². The third-order valence-corrected chi connectivity index (χ3v) is 14.2. The zero-order chi connectivity index (χ0) is 47.5. The van der Waals surface area contributed by atoms with Crippen LogP contribution in [0.1, 0.15) is 0 Å². The Balaban J connectivity index is 0.963. The molecule has 0 fully saturated rings. The van der Waals surface area contributed by atoms with E-state index in [1.54, 1.807) is 0 Å². The van der Waals surface area contributed by atoms with Crippen LogP contribution in [-0.4, -0.2) is 0 Å². The number of benzene rings is 12. The van der Waals surface area contributed by atoms with Gasteiger partial charge in [0.2, 0.25) is 0 Å². The molecule has 72 heavy (non-hydrogen) atoms. The summed E-state index contributed by atoms with van der Waals surface area (Å²) in [4.78, 5) is 4.80. The van der Waals surface area contributed by atoms with Crippen LogP contribution in [0, 0.1) is 0 Å². The molecule has 4 nitrogen and oxygen atoms in total. The van der Waals surface area contributed by atoms with Gasteiger partial charge >= 0.3 is 0 Å². The first kappa shape index (κ1) is 41.3. The molecule has 0 spiro atoms. The molecule has 0 amide bonds. The lowest BCUT2D eigenvalue weighted by Gasteiger charge is -2.29. The maximum absolute atomic E-state index is 6.71. The van der Waals surface area contributed by atoms with Gasteiger partial charge in [-0.15, -0.1) is 0 Å². The molecule has 0 aliphatic carbocycles. The highest BCUT2D eigenvalue weighted by molar-refractivity contribution is 6.17. The molecule has 0 radical (unpaired) electrons. The maximum atomic E-state index is 6.71.